The molecule has 2 aromatic carbocycles. The standard InChI is InChI=1S/C21H21NO3/c23-17-11-16(12-22-13-17)21-19-7-2-1-5-15(19)8-9-20(21)25-14-18-6-3-4-10-24-18/h1-2,5,7-9,11-13,18,23H,3-4,6,10,14H2. The van der Waals surface area contributed by atoms with Gasteiger partial charge in [0.05, 0.1) is 12.3 Å². The van der Waals surface area contributed by atoms with Gasteiger partial charge in [0.1, 0.15) is 18.1 Å². The van der Waals surface area contributed by atoms with Crippen molar-refractivity contribution in [2.24, 2.45) is 0 Å². The van der Waals surface area contributed by atoms with Gasteiger partial charge in [0.15, 0.2) is 0 Å². The van der Waals surface area contributed by atoms with Crippen molar-refractivity contribution in [1.82, 2.24) is 4.98 Å². The third-order valence-corrected chi connectivity index (χ3v) is 4.60. The number of benzene rings is 2. The predicted molar refractivity (Wildman–Crippen MR) is 97.9 cm³/mol. The van der Waals surface area contributed by atoms with Crippen LogP contribution in [0.2, 0.25) is 0 Å². The predicted octanol–water partition coefficient (Wildman–Crippen LogP) is 4.56. The molecule has 3 aromatic rings. The Labute approximate surface area is 147 Å². The normalized spacial score (nSPS) is 17.5. The summed E-state index contributed by atoms with van der Waals surface area (Å²) >= 11 is 0. The third-order valence-electron chi connectivity index (χ3n) is 4.60. The Hall–Kier alpha value is -2.59. The maximum Gasteiger partial charge on any atom is 0.134 e. The monoisotopic (exact) mass is 335 g/mol. The lowest BCUT2D eigenvalue weighted by molar-refractivity contribution is -0.0109. The van der Waals surface area contributed by atoms with Crippen LogP contribution in [0.1, 0.15) is 19.3 Å². The molecule has 0 aliphatic carbocycles. The van der Waals surface area contributed by atoms with E-state index in [2.05, 4.69) is 23.2 Å². The van der Waals surface area contributed by atoms with Crippen LogP contribution in [0.5, 0.6) is 11.5 Å². The molecule has 1 unspecified atom stereocenters. The van der Waals surface area contributed by atoms with Crippen molar-refractivity contribution < 1.29 is 14.6 Å². The molecule has 0 saturated carbocycles. The molecule has 1 saturated heterocycles. The molecular formula is C21H21NO3. The molecule has 0 bridgehead atoms. The topological polar surface area (TPSA) is 51.6 Å². The zero-order chi connectivity index (χ0) is 17.1. The number of aromatic nitrogens is 1. The van der Waals surface area contributed by atoms with Gasteiger partial charge in [-0.15, -0.1) is 0 Å². The van der Waals surface area contributed by atoms with E-state index >= 15 is 0 Å². The van der Waals surface area contributed by atoms with Crippen molar-refractivity contribution in [3.8, 4) is 22.6 Å². The van der Waals surface area contributed by atoms with E-state index in [9.17, 15) is 5.11 Å². The van der Waals surface area contributed by atoms with Gasteiger partial charge in [0.25, 0.3) is 0 Å². The molecule has 4 heteroatoms. The summed E-state index contributed by atoms with van der Waals surface area (Å²) in [6.07, 6.45) is 6.70. The van der Waals surface area contributed by atoms with E-state index < -0.39 is 0 Å². The molecule has 25 heavy (non-hydrogen) atoms. The summed E-state index contributed by atoms with van der Waals surface area (Å²) in [5.41, 5.74) is 1.80. The fourth-order valence-corrected chi connectivity index (χ4v) is 3.36. The number of hydrogen-bond acceptors (Lipinski definition) is 4. The maximum atomic E-state index is 9.85. The van der Waals surface area contributed by atoms with Crippen LogP contribution in [-0.4, -0.2) is 29.4 Å². The molecule has 0 spiro atoms. The lowest BCUT2D eigenvalue weighted by Gasteiger charge is -2.23. The van der Waals surface area contributed by atoms with Gasteiger partial charge < -0.3 is 14.6 Å². The van der Waals surface area contributed by atoms with Crippen molar-refractivity contribution in [3.05, 3.63) is 54.9 Å². The van der Waals surface area contributed by atoms with Crippen LogP contribution in [0.15, 0.2) is 54.9 Å². The highest BCUT2D eigenvalue weighted by Gasteiger charge is 2.17. The highest BCUT2D eigenvalue weighted by Crippen LogP contribution is 2.38. The summed E-state index contributed by atoms with van der Waals surface area (Å²) in [5.74, 6) is 0.937. The van der Waals surface area contributed by atoms with Crippen LogP contribution >= 0.6 is 0 Å². The van der Waals surface area contributed by atoms with Crippen LogP contribution in [0.4, 0.5) is 0 Å². The van der Waals surface area contributed by atoms with Gasteiger partial charge in [-0.2, -0.15) is 0 Å². The van der Waals surface area contributed by atoms with E-state index in [0.717, 1.165) is 47.1 Å². The van der Waals surface area contributed by atoms with Gasteiger partial charge >= 0.3 is 0 Å². The van der Waals surface area contributed by atoms with Crippen molar-refractivity contribution in [3.63, 3.8) is 0 Å². The van der Waals surface area contributed by atoms with Crippen LogP contribution < -0.4 is 4.74 Å². The lowest BCUT2D eigenvalue weighted by atomic mass is 9.98. The van der Waals surface area contributed by atoms with Crippen LogP contribution in [0, 0.1) is 0 Å². The average molecular weight is 335 g/mol. The first-order chi connectivity index (χ1) is 12.3. The summed E-state index contributed by atoms with van der Waals surface area (Å²) in [4.78, 5) is 4.13. The Bertz CT molecular complexity index is 872. The van der Waals surface area contributed by atoms with Crippen LogP contribution in [0.3, 0.4) is 0 Å². The van der Waals surface area contributed by atoms with Gasteiger partial charge in [-0.05, 0) is 42.2 Å². The third kappa shape index (κ3) is 3.44. The van der Waals surface area contributed by atoms with Crippen molar-refractivity contribution in [1.29, 1.82) is 0 Å². The molecule has 1 aliphatic rings. The van der Waals surface area contributed by atoms with Crippen molar-refractivity contribution in [2.45, 2.75) is 25.4 Å². The van der Waals surface area contributed by atoms with Gasteiger partial charge in [0.2, 0.25) is 0 Å². The van der Waals surface area contributed by atoms with E-state index in [1.807, 2.05) is 18.2 Å². The Morgan fingerprint density at radius 3 is 2.88 bits per heavy atom. The molecule has 4 rings (SSSR count). The minimum Gasteiger partial charge on any atom is -0.506 e. The summed E-state index contributed by atoms with van der Waals surface area (Å²) in [6.45, 7) is 1.35. The molecule has 1 fully saturated rings. The Balaban J connectivity index is 1.73. The number of rotatable bonds is 4. The van der Waals surface area contributed by atoms with Crippen LogP contribution in [-0.2, 0) is 4.74 Å². The smallest absolute Gasteiger partial charge is 0.134 e. The Morgan fingerprint density at radius 1 is 1.12 bits per heavy atom. The first-order valence-electron chi connectivity index (χ1n) is 8.72. The maximum absolute atomic E-state index is 9.85. The highest BCUT2D eigenvalue weighted by atomic mass is 16.5. The first kappa shape index (κ1) is 15.9. The van der Waals surface area contributed by atoms with E-state index in [1.165, 1.54) is 12.6 Å². The number of pyridine rings is 1. The molecule has 1 aliphatic heterocycles. The van der Waals surface area contributed by atoms with Crippen LogP contribution in [0.25, 0.3) is 21.9 Å². The SMILES string of the molecule is Oc1cncc(-c2c(OCC3CCCCO3)ccc3ccccc23)c1. The highest BCUT2D eigenvalue weighted by molar-refractivity contribution is 5.99. The number of nitrogens with zero attached hydrogens (tertiary/aromatic N) is 1. The second-order valence-electron chi connectivity index (χ2n) is 6.39. The fraction of sp³-hybridized carbons (Fsp3) is 0.286. The van der Waals surface area contributed by atoms with Gasteiger partial charge in [0, 0.05) is 23.9 Å². The minimum absolute atomic E-state index is 0.145. The largest absolute Gasteiger partial charge is 0.506 e. The molecule has 0 amide bonds. The van der Waals surface area contributed by atoms with Gasteiger partial charge in [-0.25, -0.2) is 0 Å². The Kier molecular flexibility index (Phi) is 4.53. The van der Waals surface area contributed by atoms with E-state index in [0.29, 0.717) is 6.61 Å². The quantitative estimate of drug-likeness (QED) is 0.759. The number of hydrogen-bond donors (Lipinski definition) is 1. The summed E-state index contributed by atoms with van der Waals surface area (Å²) in [6, 6.07) is 13.9. The average Bonchev–Trinajstić information content (AvgIpc) is 2.66. The number of fused-ring (bicyclic) bond motifs is 1. The number of aromatic hydroxyl groups is 1. The molecule has 0 radical (unpaired) electrons. The summed E-state index contributed by atoms with van der Waals surface area (Å²) in [5, 5.41) is 12.1. The molecule has 1 N–H and O–H groups in total. The van der Waals surface area contributed by atoms with Gasteiger partial charge in [-0.3, -0.25) is 4.98 Å². The zero-order valence-electron chi connectivity index (χ0n) is 14.0. The molecule has 1 aromatic heterocycles. The molecular weight excluding hydrogens is 314 g/mol. The molecule has 4 nitrogen and oxygen atoms in total. The van der Waals surface area contributed by atoms with E-state index in [-0.39, 0.29) is 11.9 Å². The zero-order valence-corrected chi connectivity index (χ0v) is 14.0. The molecule has 2 heterocycles. The fourth-order valence-electron chi connectivity index (χ4n) is 3.36. The van der Waals surface area contributed by atoms with Crippen molar-refractivity contribution in [2.75, 3.05) is 13.2 Å². The lowest BCUT2D eigenvalue weighted by Crippen LogP contribution is -2.25. The minimum atomic E-state index is 0.145. The van der Waals surface area contributed by atoms with Gasteiger partial charge in [-0.1, -0.05) is 30.3 Å². The second kappa shape index (κ2) is 7.11. The molecule has 1 atom stereocenters. The second-order valence-corrected chi connectivity index (χ2v) is 6.39. The summed E-state index contributed by atoms with van der Waals surface area (Å²) in [7, 11) is 0. The van der Waals surface area contributed by atoms with Crippen molar-refractivity contribution >= 4 is 10.8 Å². The molecule has 128 valence electrons. The van der Waals surface area contributed by atoms with E-state index in [4.69, 9.17) is 9.47 Å². The van der Waals surface area contributed by atoms with E-state index in [1.54, 1.807) is 12.3 Å². The first-order valence-corrected chi connectivity index (χ1v) is 8.72. The number of ether oxygens (including phenoxy) is 2. The Morgan fingerprint density at radius 2 is 2.04 bits per heavy atom. The summed E-state index contributed by atoms with van der Waals surface area (Å²) < 4.78 is 11.9.